The van der Waals surface area contributed by atoms with E-state index in [4.69, 9.17) is 14.0 Å². The molecule has 0 bridgehead atoms. The molecule has 1 saturated heterocycles. The Hall–Kier alpha value is -2.06. The lowest BCUT2D eigenvalue weighted by atomic mass is 10.0. The molecule has 2 aromatic heterocycles. The number of nitrogens with one attached hydrogen (secondary N) is 1. The second kappa shape index (κ2) is 7.47. The van der Waals surface area contributed by atoms with Crippen LogP contribution in [0.15, 0.2) is 10.6 Å². The molecule has 8 heteroatoms. The fourth-order valence-corrected chi connectivity index (χ4v) is 2.48. The summed E-state index contributed by atoms with van der Waals surface area (Å²) in [6.45, 7) is 4.43. The standard InChI is InChI=1S/C15H21N5O3/c1-10-17-12(11-3-6-22-9-11)7-13(18-10)16-8-14-19-15(23-20-14)4-5-21-2/h7,11H,3-6,8-9H2,1-2H3,(H,16,17,18)/t11-/m0/s1. The van der Waals surface area contributed by atoms with E-state index in [0.29, 0.717) is 37.2 Å². The molecule has 0 radical (unpaired) electrons. The Bertz CT molecular complexity index is 640. The van der Waals surface area contributed by atoms with Gasteiger partial charge in [0, 0.05) is 25.7 Å². The van der Waals surface area contributed by atoms with Crippen LogP contribution in [0.25, 0.3) is 0 Å². The minimum Gasteiger partial charge on any atom is -0.384 e. The number of ether oxygens (including phenoxy) is 2. The Morgan fingerprint density at radius 1 is 1.35 bits per heavy atom. The first kappa shape index (κ1) is 15.8. The maximum absolute atomic E-state index is 5.43. The van der Waals surface area contributed by atoms with Gasteiger partial charge < -0.3 is 19.3 Å². The second-order valence-electron chi connectivity index (χ2n) is 5.49. The van der Waals surface area contributed by atoms with E-state index in [2.05, 4.69) is 25.4 Å². The molecule has 8 nitrogen and oxygen atoms in total. The van der Waals surface area contributed by atoms with Crippen molar-refractivity contribution in [2.45, 2.75) is 32.2 Å². The van der Waals surface area contributed by atoms with Gasteiger partial charge >= 0.3 is 0 Å². The van der Waals surface area contributed by atoms with Gasteiger partial charge in [0.15, 0.2) is 5.82 Å². The molecule has 0 unspecified atom stereocenters. The van der Waals surface area contributed by atoms with Gasteiger partial charge in [0.1, 0.15) is 11.6 Å². The molecule has 0 saturated carbocycles. The number of aryl methyl sites for hydroxylation is 1. The van der Waals surface area contributed by atoms with Crippen LogP contribution in [0.1, 0.15) is 35.6 Å². The van der Waals surface area contributed by atoms with Gasteiger partial charge in [-0.2, -0.15) is 4.98 Å². The highest BCUT2D eigenvalue weighted by atomic mass is 16.5. The zero-order chi connectivity index (χ0) is 16.1. The van der Waals surface area contributed by atoms with Crippen LogP contribution in [0.3, 0.4) is 0 Å². The zero-order valence-electron chi connectivity index (χ0n) is 13.4. The highest BCUT2D eigenvalue weighted by Crippen LogP contribution is 2.25. The Morgan fingerprint density at radius 3 is 3.04 bits per heavy atom. The minimum absolute atomic E-state index is 0.350. The highest BCUT2D eigenvalue weighted by Gasteiger charge is 2.20. The van der Waals surface area contributed by atoms with Gasteiger partial charge in [0.25, 0.3) is 0 Å². The molecule has 1 atom stereocenters. The number of aromatic nitrogens is 4. The van der Waals surface area contributed by atoms with Crippen molar-refractivity contribution in [3.8, 4) is 0 Å². The van der Waals surface area contributed by atoms with Crippen molar-refractivity contribution in [3.63, 3.8) is 0 Å². The van der Waals surface area contributed by atoms with Crippen LogP contribution in [0, 0.1) is 6.92 Å². The predicted molar refractivity (Wildman–Crippen MR) is 82.2 cm³/mol. The average molecular weight is 319 g/mol. The average Bonchev–Trinajstić information content (AvgIpc) is 3.22. The topological polar surface area (TPSA) is 95.2 Å². The normalized spacial score (nSPS) is 17.6. The van der Waals surface area contributed by atoms with E-state index in [1.807, 2.05) is 13.0 Å². The largest absolute Gasteiger partial charge is 0.384 e. The molecular weight excluding hydrogens is 298 g/mol. The second-order valence-corrected chi connectivity index (χ2v) is 5.49. The van der Waals surface area contributed by atoms with Crippen LogP contribution in [0.2, 0.25) is 0 Å². The highest BCUT2D eigenvalue weighted by molar-refractivity contribution is 5.37. The smallest absolute Gasteiger partial charge is 0.229 e. The third-order valence-electron chi connectivity index (χ3n) is 3.66. The van der Waals surface area contributed by atoms with E-state index in [0.717, 1.165) is 37.0 Å². The van der Waals surface area contributed by atoms with Crippen LogP contribution >= 0.6 is 0 Å². The molecular formula is C15H21N5O3. The number of anilines is 1. The van der Waals surface area contributed by atoms with Gasteiger partial charge in [-0.25, -0.2) is 9.97 Å². The Balaban J connectivity index is 1.62. The van der Waals surface area contributed by atoms with Crippen molar-refractivity contribution in [1.82, 2.24) is 20.1 Å². The molecule has 0 aliphatic carbocycles. The summed E-state index contributed by atoms with van der Waals surface area (Å²) in [5, 5.41) is 7.17. The number of hydrogen-bond donors (Lipinski definition) is 1. The van der Waals surface area contributed by atoms with E-state index in [9.17, 15) is 0 Å². The molecule has 2 aromatic rings. The zero-order valence-corrected chi connectivity index (χ0v) is 13.4. The minimum atomic E-state index is 0.350. The summed E-state index contributed by atoms with van der Waals surface area (Å²) in [6.07, 6.45) is 1.62. The summed E-state index contributed by atoms with van der Waals surface area (Å²) in [4.78, 5) is 13.2. The number of hydrogen-bond acceptors (Lipinski definition) is 8. The van der Waals surface area contributed by atoms with Crippen molar-refractivity contribution in [2.75, 3.05) is 32.2 Å². The van der Waals surface area contributed by atoms with E-state index in [1.54, 1.807) is 7.11 Å². The van der Waals surface area contributed by atoms with Crippen molar-refractivity contribution in [2.24, 2.45) is 0 Å². The Labute approximate surface area is 134 Å². The molecule has 3 rings (SSSR count). The van der Waals surface area contributed by atoms with Crippen LogP contribution in [-0.4, -0.2) is 47.0 Å². The first-order chi connectivity index (χ1) is 11.2. The van der Waals surface area contributed by atoms with E-state index in [-0.39, 0.29) is 0 Å². The number of methoxy groups -OCH3 is 1. The summed E-state index contributed by atoms with van der Waals surface area (Å²) in [6, 6.07) is 1.97. The molecule has 0 spiro atoms. The predicted octanol–water partition coefficient (Wildman–Crippen LogP) is 1.47. The van der Waals surface area contributed by atoms with Gasteiger partial charge in [-0.1, -0.05) is 5.16 Å². The van der Waals surface area contributed by atoms with Gasteiger partial charge in [-0.15, -0.1) is 0 Å². The van der Waals surface area contributed by atoms with Gasteiger partial charge in [-0.3, -0.25) is 0 Å². The molecule has 0 aromatic carbocycles. The molecule has 1 aliphatic heterocycles. The van der Waals surface area contributed by atoms with Gasteiger partial charge in [0.05, 0.1) is 31.9 Å². The summed E-state index contributed by atoms with van der Waals surface area (Å²) in [7, 11) is 1.64. The third kappa shape index (κ3) is 4.23. The Morgan fingerprint density at radius 2 is 2.26 bits per heavy atom. The number of nitrogens with zero attached hydrogens (tertiary/aromatic N) is 4. The van der Waals surface area contributed by atoms with Crippen LogP contribution in [-0.2, 0) is 22.4 Å². The summed E-state index contributed by atoms with van der Waals surface area (Å²) >= 11 is 0. The fraction of sp³-hybridized carbons (Fsp3) is 0.600. The SMILES string of the molecule is COCCc1nc(CNc2cc([C@H]3CCOC3)nc(C)n2)no1. The molecule has 3 heterocycles. The maximum Gasteiger partial charge on any atom is 0.229 e. The van der Waals surface area contributed by atoms with Crippen molar-refractivity contribution in [1.29, 1.82) is 0 Å². The van der Waals surface area contributed by atoms with E-state index in [1.165, 1.54) is 0 Å². The van der Waals surface area contributed by atoms with Gasteiger partial charge in [-0.05, 0) is 13.3 Å². The Kier molecular flexibility index (Phi) is 5.14. The molecule has 1 aliphatic rings. The molecule has 1 N–H and O–H groups in total. The van der Waals surface area contributed by atoms with Crippen molar-refractivity contribution in [3.05, 3.63) is 29.3 Å². The lowest BCUT2D eigenvalue weighted by Crippen LogP contribution is -2.08. The first-order valence-corrected chi connectivity index (χ1v) is 7.72. The van der Waals surface area contributed by atoms with Crippen molar-refractivity contribution < 1.29 is 14.0 Å². The van der Waals surface area contributed by atoms with Crippen LogP contribution < -0.4 is 5.32 Å². The van der Waals surface area contributed by atoms with Gasteiger partial charge in [0.2, 0.25) is 5.89 Å². The van der Waals surface area contributed by atoms with E-state index >= 15 is 0 Å². The molecule has 0 amide bonds. The summed E-state index contributed by atoms with van der Waals surface area (Å²) in [5.74, 6) is 3.03. The molecule has 1 fully saturated rings. The lowest BCUT2D eigenvalue weighted by molar-refractivity contribution is 0.192. The monoisotopic (exact) mass is 319 g/mol. The first-order valence-electron chi connectivity index (χ1n) is 7.72. The van der Waals surface area contributed by atoms with E-state index < -0.39 is 0 Å². The van der Waals surface area contributed by atoms with Crippen LogP contribution in [0.5, 0.6) is 0 Å². The third-order valence-corrected chi connectivity index (χ3v) is 3.66. The van der Waals surface area contributed by atoms with Crippen LogP contribution in [0.4, 0.5) is 5.82 Å². The van der Waals surface area contributed by atoms with Crippen molar-refractivity contribution >= 4 is 5.82 Å². The fourth-order valence-electron chi connectivity index (χ4n) is 2.48. The number of rotatable bonds is 7. The maximum atomic E-state index is 5.43. The molecule has 23 heavy (non-hydrogen) atoms. The quantitative estimate of drug-likeness (QED) is 0.820. The summed E-state index contributed by atoms with van der Waals surface area (Å²) in [5.41, 5.74) is 1.02. The molecule has 124 valence electrons. The summed E-state index contributed by atoms with van der Waals surface area (Å²) < 4.78 is 15.6. The lowest BCUT2D eigenvalue weighted by Gasteiger charge is -2.10.